The molecule has 0 atom stereocenters. The van der Waals surface area contributed by atoms with E-state index in [2.05, 4.69) is 0 Å². The molecular weight excluding hydrogens is 338 g/mol. The zero-order chi connectivity index (χ0) is 18.1. The molecule has 0 unspecified atom stereocenters. The molecule has 0 aliphatic rings. The van der Waals surface area contributed by atoms with Crippen LogP contribution in [0.15, 0.2) is 56.6 Å². The third kappa shape index (κ3) is 3.25. The first-order valence-corrected chi connectivity index (χ1v) is 8.45. The predicted molar refractivity (Wildman–Crippen MR) is 99.3 cm³/mol. The first-order valence-electron chi connectivity index (χ1n) is 7.63. The molecule has 0 bridgehead atoms. The number of phenolic OH excluding ortho intramolecular Hbond substituents is 1. The van der Waals surface area contributed by atoms with Crippen molar-refractivity contribution in [3.8, 4) is 16.9 Å². The normalized spacial score (nSPS) is 10.8. The standard InChI is InChI=1S/C19H17NO4S/c1-11-16(12-7-5-4-6-8-12)18(22)17-14(21)9-13(10-15(17)24-11)25-19(23)20(2)3/h4-10,21H,1-3H3. The van der Waals surface area contributed by atoms with Gasteiger partial charge < -0.3 is 14.4 Å². The van der Waals surface area contributed by atoms with Crippen molar-refractivity contribution in [2.24, 2.45) is 0 Å². The van der Waals surface area contributed by atoms with Crippen LogP contribution in [-0.2, 0) is 0 Å². The lowest BCUT2D eigenvalue weighted by Gasteiger charge is -2.11. The van der Waals surface area contributed by atoms with E-state index in [1.165, 1.54) is 11.0 Å². The van der Waals surface area contributed by atoms with Crippen LogP contribution in [0.3, 0.4) is 0 Å². The van der Waals surface area contributed by atoms with E-state index >= 15 is 0 Å². The Labute approximate surface area is 148 Å². The number of amides is 1. The fourth-order valence-electron chi connectivity index (χ4n) is 2.58. The van der Waals surface area contributed by atoms with Gasteiger partial charge in [0.1, 0.15) is 22.5 Å². The van der Waals surface area contributed by atoms with Crippen LogP contribution < -0.4 is 5.43 Å². The molecule has 3 aromatic rings. The number of rotatable bonds is 2. The Kier molecular flexibility index (Phi) is 4.55. The molecule has 6 heteroatoms. The zero-order valence-corrected chi connectivity index (χ0v) is 14.9. The highest BCUT2D eigenvalue weighted by molar-refractivity contribution is 8.13. The third-order valence-corrected chi connectivity index (χ3v) is 4.77. The minimum atomic E-state index is -0.294. The number of hydrogen-bond acceptors (Lipinski definition) is 5. The van der Waals surface area contributed by atoms with Crippen molar-refractivity contribution in [2.75, 3.05) is 14.1 Å². The SMILES string of the molecule is Cc1oc2cc(SC(=O)N(C)C)cc(O)c2c(=O)c1-c1ccccc1. The van der Waals surface area contributed by atoms with E-state index in [0.29, 0.717) is 16.2 Å². The topological polar surface area (TPSA) is 70.8 Å². The zero-order valence-electron chi connectivity index (χ0n) is 14.1. The number of carbonyl (C=O) groups is 1. The highest BCUT2D eigenvalue weighted by atomic mass is 32.2. The Morgan fingerprint density at radius 2 is 1.84 bits per heavy atom. The average Bonchev–Trinajstić information content (AvgIpc) is 2.54. The molecule has 0 aliphatic carbocycles. The summed E-state index contributed by atoms with van der Waals surface area (Å²) in [5.74, 6) is 0.265. The summed E-state index contributed by atoms with van der Waals surface area (Å²) in [6.45, 7) is 1.71. The number of aryl methyl sites for hydroxylation is 1. The molecular formula is C19H17NO4S. The molecule has 0 saturated heterocycles. The molecule has 1 aromatic heterocycles. The first-order chi connectivity index (χ1) is 11.9. The molecule has 0 radical (unpaired) electrons. The van der Waals surface area contributed by atoms with Gasteiger partial charge in [0.15, 0.2) is 0 Å². The molecule has 0 aliphatic heterocycles. The van der Waals surface area contributed by atoms with E-state index in [1.807, 2.05) is 30.3 Å². The molecule has 2 aromatic carbocycles. The van der Waals surface area contributed by atoms with Gasteiger partial charge in [-0.15, -0.1) is 0 Å². The highest BCUT2D eigenvalue weighted by Crippen LogP contribution is 2.33. The van der Waals surface area contributed by atoms with E-state index in [0.717, 1.165) is 17.3 Å². The van der Waals surface area contributed by atoms with Crippen molar-refractivity contribution in [1.29, 1.82) is 0 Å². The number of nitrogens with zero attached hydrogens (tertiary/aromatic N) is 1. The van der Waals surface area contributed by atoms with Crippen molar-refractivity contribution in [2.45, 2.75) is 11.8 Å². The van der Waals surface area contributed by atoms with Gasteiger partial charge in [-0.3, -0.25) is 9.59 Å². The van der Waals surface area contributed by atoms with Crippen LogP contribution in [0.5, 0.6) is 5.75 Å². The van der Waals surface area contributed by atoms with E-state index in [1.54, 1.807) is 27.1 Å². The molecule has 1 N–H and O–H groups in total. The minimum Gasteiger partial charge on any atom is -0.507 e. The second kappa shape index (κ2) is 6.64. The Morgan fingerprint density at radius 3 is 2.48 bits per heavy atom. The van der Waals surface area contributed by atoms with Crippen molar-refractivity contribution in [3.05, 3.63) is 58.4 Å². The molecule has 0 spiro atoms. The van der Waals surface area contributed by atoms with E-state index in [9.17, 15) is 14.7 Å². The maximum atomic E-state index is 12.9. The lowest BCUT2D eigenvalue weighted by Crippen LogP contribution is -2.16. The van der Waals surface area contributed by atoms with Crippen LogP contribution >= 0.6 is 11.8 Å². The average molecular weight is 355 g/mol. The van der Waals surface area contributed by atoms with Crippen LogP contribution in [0.2, 0.25) is 0 Å². The van der Waals surface area contributed by atoms with Crippen LogP contribution in [0.1, 0.15) is 5.76 Å². The molecule has 25 heavy (non-hydrogen) atoms. The largest absolute Gasteiger partial charge is 0.507 e. The van der Waals surface area contributed by atoms with Crippen molar-refractivity contribution in [3.63, 3.8) is 0 Å². The number of phenols is 1. The van der Waals surface area contributed by atoms with Gasteiger partial charge in [0.25, 0.3) is 5.24 Å². The Bertz CT molecular complexity index is 1010. The van der Waals surface area contributed by atoms with Crippen molar-refractivity contribution in [1.82, 2.24) is 4.90 Å². The van der Waals surface area contributed by atoms with Crippen molar-refractivity contribution >= 4 is 28.0 Å². The molecule has 0 fully saturated rings. The lowest BCUT2D eigenvalue weighted by molar-refractivity contribution is 0.241. The number of fused-ring (bicyclic) bond motifs is 1. The van der Waals surface area contributed by atoms with Gasteiger partial charge >= 0.3 is 0 Å². The van der Waals surface area contributed by atoms with Gasteiger partial charge in [-0.25, -0.2) is 0 Å². The number of carbonyl (C=O) groups excluding carboxylic acids is 1. The summed E-state index contributed by atoms with van der Waals surface area (Å²) in [6.07, 6.45) is 0. The van der Waals surface area contributed by atoms with Gasteiger partial charge in [0.2, 0.25) is 5.43 Å². The minimum absolute atomic E-state index is 0.117. The van der Waals surface area contributed by atoms with Gasteiger partial charge in [0, 0.05) is 19.0 Å². The summed E-state index contributed by atoms with van der Waals surface area (Å²) in [4.78, 5) is 26.7. The van der Waals surface area contributed by atoms with Crippen LogP contribution in [0.4, 0.5) is 4.79 Å². The Balaban J connectivity index is 2.19. The summed E-state index contributed by atoms with van der Waals surface area (Å²) in [5.41, 5.74) is 1.12. The number of aromatic hydroxyl groups is 1. The monoisotopic (exact) mass is 355 g/mol. The Hall–Kier alpha value is -2.73. The molecule has 3 rings (SSSR count). The maximum Gasteiger partial charge on any atom is 0.285 e. The van der Waals surface area contributed by atoms with Crippen LogP contribution in [0.25, 0.3) is 22.1 Å². The molecule has 0 saturated carbocycles. The quantitative estimate of drug-likeness (QED) is 0.696. The molecule has 5 nitrogen and oxygen atoms in total. The van der Waals surface area contributed by atoms with Crippen LogP contribution in [-0.4, -0.2) is 29.3 Å². The molecule has 1 amide bonds. The van der Waals surface area contributed by atoms with Gasteiger partial charge in [-0.05, 0) is 36.4 Å². The maximum absolute atomic E-state index is 12.9. The van der Waals surface area contributed by atoms with Gasteiger partial charge in [-0.2, -0.15) is 0 Å². The number of thioether (sulfide) groups is 1. The van der Waals surface area contributed by atoms with Crippen molar-refractivity contribution < 1.29 is 14.3 Å². The van der Waals surface area contributed by atoms with E-state index < -0.39 is 0 Å². The second-order valence-corrected chi connectivity index (χ2v) is 6.83. The smallest absolute Gasteiger partial charge is 0.285 e. The van der Waals surface area contributed by atoms with Gasteiger partial charge in [-0.1, -0.05) is 30.3 Å². The summed E-state index contributed by atoms with van der Waals surface area (Å²) >= 11 is 0.958. The fraction of sp³-hybridized carbons (Fsp3) is 0.158. The van der Waals surface area contributed by atoms with E-state index in [-0.39, 0.29) is 27.4 Å². The predicted octanol–water partition coefficient (Wildman–Crippen LogP) is 4.25. The van der Waals surface area contributed by atoms with Gasteiger partial charge in [0.05, 0.1) is 5.56 Å². The second-order valence-electron chi connectivity index (χ2n) is 5.81. The molecule has 128 valence electrons. The summed E-state index contributed by atoms with van der Waals surface area (Å²) in [7, 11) is 3.29. The summed E-state index contributed by atoms with van der Waals surface area (Å²) in [6, 6.07) is 12.2. The number of hydrogen-bond donors (Lipinski definition) is 1. The lowest BCUT2D eigenvalue weighted by atomic mass is 10.0. The number of benzene rings is 2. The summed E-state index contributed by atoms with van der Waals surface area (Å²) in [5, 5.41) is 10.3. The third-order valence-electron chi connectivity index (χ3n) is 3.76. The van der Waals surface area contributed by atoms with E-state index in [4.69, 9.17) is 4.42 Å². The Morgan fingerprint density at radius 1 is 1.16 bits per heavy atom. The first kappa shape index (κ1) is 17.1. The highest BCUT2D eigenvalue weighted by Gasteiger charge is 2.18. The summed E-state index contributed by atoms with van der Waals surface area (Å²) < 4.78 is 5.79. The fourth-order valence-corrected chi connectivity index (χ4v) is 3.30. The van der Waals surface area contributed by atoms with Crippen LogP contribution in [0, 0.1) is 6.92 Å². The molecule has 1 heterocycles.